The van der Waals surface area contributed by atoms with Gasteiger partial charge in [-0.3, -0.25) is 4.79 Å². The smallest absolute Gasteiger partial charge is 0.262 e. The summed E-state index contributed by atoms with van der Waals surface area (Å²) in [6.07, 6.45) is 0.845. The number of ether oxygens (including phenoxy) is 1. The number of nitrogens with one attached hydrogen (secondary N) is 2. The summed E-state index contributed by atoms with van der Waals surface area (Å²) in [7, 11) is 0. The number of hydrogen-bond donors (Lipinski definition) is 2. The number of carbonyl (C=O) groups excluding carboxylic acids is 1. The predicted octanol–water partition coefficient (Wildman–Crippen LogP) is 1.66. The lowest BCUT2D eigenvalue weighted by atomic mass is 10.1. The van der Waals surface area contributed by atoms with Crippen LogP contribution >= 0.6 is 0 Å². The molecule has 1 unspecified atom stereocenters. The Kier molecular flexibility index (Phi) is 4.37. The van der Waals surface area contributed by atoms with Gasteiger partial charge in [-0.15, -0.1) is 0 Å². The maximum absolute atomic E-state index is 11.2. The number of rotatable bonds is 5. The zero-order valence-corrected chi connectivity index (χ0v) is 10.9. The van der Waals surface area contributed by atoms with Crippen molar-refractivity contribution >= 4 is 11.6 Å². The molecule has 0 fully saturated rings. The topological polar surface area (TPSA) is 74.2 Å². The van der Waals surface area contributed by atoms with Crippen LogP contribution in [0.4, 0.5) is 5.69 Å². The summed E-state index contributed by atoms with van der Waals surface area (Å²) >= 11 is 0. The van der Waals surface area contributed by atoms with E-state index in [4.69, 9.17) is 10.00 Å². The summed E-state index contributed by atoms with van der Waals surface area (Å²) in [6, 6.07) is 7.96. The fraction of sp³-hybridized carbons (Fsp3) is 0.429. The van der Waals surface area contributed by atoms with Gasteiger partial charge in [0.1, 0.15) is 5.75 Å². The van der Waals surface area contributed by atoms with Gasteiger partial charge < -0.3 is 15.4 Å². The Morgan fingerprint density at radius 3 is 3.16 bits per heavy atom. The van der Waals surface area contributed by atoms with Crippen LogP contribution in [0.2, 0.25) is 0 Å². The Balaban J connectivity index is 1.93. The molecule has 5 nitrogen and oxygen atoms in total. The first-order chi connectivity index (χ1) is 9.22. The van der Waals surface area contributed by atoms with Gasteiger partial charge in [0.05, 0.1) is 17.7 Å². The minimum atomic E-state index is -0.131. The van der Waals surface area contributed by atoms with Gasteiger partial charge in [0, 0.05) is 13.1 Å². The van der Waals surface area contributed by atoms with Crippen molar-refractivity contribution in [1.82, 2.24) is 5.32 Å². The number of amides is 1. The Morgan fingerprint density at radius 2 is 2.42 bits per heavy atom. The molecule has 0 aliphatic carbocycles. The van der Waals surface area contributed by atoms with Gasteiger partial charge >= 0.3 is 0 Å². The van der Waals surface area contributed by atoms with E-state index >= 15 is 0 Å². The van der Waals surface area contributed by atoms with Crippen LogP contribution in [-0.4, -0.2) is 19.1 Å². The van der Waals surface area contributed by atoms with Gasteiger partial charge in [-0.1, -0.05) is 13.0 Å². The van der Waals surface area contributed by atoms with Crippen LogP contribution in [0.25, 0.3) is 0 Å². The quantitative estimate of drug-likeness (QED) is 0.843. The summed E-state index contributed by atoms with van der Waals surface area (Å²) < 4.78 is 5.29. The minimum absolute atomic E-state index is 0.0423. The van der Waals surface area contributed by atoms with Crippen molar-refractivity contribution in [2.24, 2.45) is 5.92 Å². The largest absolute Gasteiger partial charge is 0.482 e. The highest BCUT2D eigenvalue weighted by molar-refractivity contribution is 5.95. The number of hydrogen-bond acceptors (Lipinski definition) is 4. The molecule has 100 valence electrons. The normalized spacial score (nSPS) is 14.8. The van der Waals surface area contributed by atoms with Gasteiger partial charge in [0.2, 0.25) is 0 Å². The molecule has 0 saturated heterocycles. The highest BCUT2D eigenvalue weighted by Gasteiger charge is 2.15. The SMILES string of the molecule is CCC(C#N)CNCc1ccc2c(c1)NC(=O)CO2. The van der Waals surface area contributed by atoms with Gasteiger partial charge in [0.25, 0.3) is 5.91 Å². The molecule has 1 aromatic carbocycles. The summed E-state index contributed by atoms with van der Waals surface area (Å²) in [4.78, 5) is 11.2. The maximum atomic E-state index is 11.2. The molecule has 1 heterocycles. The molecule has 0 spiro atoms. The van der Waals surface area contributed by atoms with Crippen molar-refractivity contribution < 1.29 is 9.53 Å². The van der Waals surface area contributed by atoms with Crippen LogP contribution in [0.5, 0.6) is 5.75 Å². The summed E-state index contributed by atoms with van der Waals surface area (Å²) in [5.74, 6) is 0.612. The molecule has 1 aliphatic heterocycles. The fourth-order valence-electron chi connectivity index (χ4n) is 1.91. The van der Waals surface area contributed by atoms with Gasteiger partial charge in [-0.2, -0.15) is 5.26 Å². The molecule has 0 saturated carbocycles. The molecule has 1 amide bonds. The lowest BCUT2D eigenvalue weighted by Gasteiger charge is -2.18. The van der Waals surface area contributed by atoms with E-state index in [-0.39, 0.29) is 18.4 Å². The lowest BCUT2D eigenvalue weighted by molar-refractivity contribution is -0.118. The van der Waals surface area contributed by atoms with E-state index in [0.29, 0.717) is 24.5 Å². The first kappa shape index (κ1) is 13.4. The predicted molar refractivity (Wildman–Crippen MR) is 71.7 cm³/mol. The second-order valence-electron chi connectivity index (χ2n) is 4.53. The Labute approximate surface area is 112 Å². The van der Waals surface area contributed by atoms with E-state index in [0.717, 1.165) is 12.0 Å². The number of carbonyl (C=O) groups is 1. The zero-order valence-electron chi connectivity index (χ0n) is 10.9. The van der Waals surface area contributed by atoms with Crippen molar-refractivity contribution in [3.63, 3.8) is 0 Å². The monoisotopic (exact) mass is 259 g/mol. The maximum Gasteiger partial charge on any atom is 0.262 e. The van der Waals surface area contributed by atoms with E-state index in [1.807, 2.05) is 25.1 Å². The van der Waals surface area contributed by atoms with Crippen molar-refractivity contribution in [2.45, 2.75) is 19.9 Å². The number of nitriles is 1. The van der Waals surface area contributed by atoms with E-state index in [2.05, 4.69) is 16.7 Å². The number of fused-ring (bicyclic) bond motifs is 1. The van der Waals surface area contributed by atoms with Crippen LogP contribution in [0.1, 0.15) is 18.9 Å². The second kappa shape index (κ2) is 6.21. The molecule has 1 atom stereocenters. The molecule has 0 radical (unpaired) electrons. The van der Waals surface area contributed by atoms with Crippen LogP contribution < -0.4 is 15.4 Å². The molecule has 1 aromatic rings. The van der Waals surface area contributed by atoms with E-state index in [1.165, 1.54) is 0 Å². The molecule has 2 N–H and O–H groups in total. The second-order valence-corrected chi connectivity index (χ2v) is 4.53. The van der Waals surface area contributed by atoms with Crippen LogP contribution in [0, 0.1) is 17.2 Å². The third-order valence-electron chi connectivity index (χ3n) is 3.07. The van der Waals surface area contributed by atoms with Gasteiger partial charge in [0.15, 0.2) is 6.61 Å². The van der Waals surface area contributed by atoms with Gasteiger partial charge in [-0.25, -0.2) is 0 Å². The number of nitrogens with zero attached hydrogens (tertiary/aromatic N) is 1. The first-order valence-electron chi connectivity index (χ1n) is 6.39. The van der Waals surface area contributed by atoms with Crippen molar-refractivity contribution in [3.8, 4) is 11.8 Å². The van der Waals surface area contributed by atoms with Crippen molar-refractivity contribution in [1.29, 1.82) is 5.26 Å². The van der Waals surface area contributed by atoms with E-state index in [1.54, 1.807) is 0 Å². The van der Waals surface area contributed by atoms with Gasteiger partial charge in [-0.05, 0) is 24.1 Å². The van der Waals surface area contributed by atoms with Crippen LogP contribution in [-0.2, 0) is 11.3 Å². The summed E-state index contributed by atoms with van der Waals surface area (Å²) in [6.45, 7) is 3.42. The average Bonchev–Trinajstić information content (AvgIpc) is 2.43. The molecule has 0 bridgehead atoms. The number of anilines is 1. The van der Waals surface area contributed by atoms with Crippen LogP contribution in [0.15, 0.2) is 18.2 Å². The molecular formula is C14H17N3O2. The standard InChI is InChI=1S/C14H17N3O2/c1-2-10(6-15)7-16-8-11-3-4-13-12(5-11)17-14(18)9-19-13/h3-5,10,16H,2,7-9H2,1H3,(H,17,18). The molecule has 0 aromatic heterocycles. The zero-order chi connectivity index (χ0) is 13.7. The Morgan fingerprint density at radius 1 is 1.58 bits per heavy atom. The fourth-order valence-corrected chi connectivity index (χ4v) is 1.91. The molecule has 2 rings (SSSR count). The van der Waals surface area contributed by atoms with Crippen LogP contribution in [0.3, 0.4) is 0 Å². The van der Waals surface area contributed by atoms with E-state index in [9.17, 15) is 4.79 Å². The molecule has 5 heteroatoms. The van der Waals surface area contributed by atoms with Crippen molar-refractivity contribution in [3.05, 3.63) is 23.8 Å². The highest BCUT2D eigenvalue weighted by atomic mass is 16.5. The third-order valence-corrected chi connectivity index (χ3v) is 3.07. The molecular weight excluding hydrogens is 242 g/mol. The molecule has 19 heavy (non-hydrogen) atoms. The Hall–Kier alpha value is -2.06. The average molecular weight is 259 g/mol. The van der Waals surface area contributed by atoms with Crippen molar-refractivity contribution in [2.75, 3.05) is 18.5 Å². The minimum Gasteiger partial charge on any atom is -0.482 e. The Bertz CT molecular complexity index is 508. The lowest BCUT2D eigenvalue weighted by Crippen LogP contribution is -2.26. The highest BCUT2D eigenvalue weighted by Crippen LogP contribution is 2.28. The summed E-state index contributed by atoms with van der Waals surface area (Å²) in [5.41, 5.74) is 1.76. The van der Waals surface area contributed by atoms with E-state index < -0.39 is 0 Å². The first-order valence-corrected chi connectivity index (χ1v) is 6.39. The molecule has 1 aliphatic rings. The third kappa shape index (κ3) is 3.46. The number of benzene rings is 1. The summed E-state index contributed by atoms with van der Waals surface area (Å²) in [5, 5.41) is 14.9.